The molecular formula is C26H22N2O6S2. The van der Waals surface area contributed by atoms with E-state index < -0.39 is 25.8 Å². The van der Waals surface area contributed by atoms with Crippen molar-refractivity contribution in [2.75, 3.05) is 11.9 Å². The van der Waals surface area contributed by atoms with E-state index >= 15 is 0 Å². The molecule has 0 amide bonds. The Morgan fingerprint density at radius 2 is 1.31 bits per heavy atom. The van der Waals surface area contributed by atoms with Crippen molar-refractivity contribution >= 4 is 53.7 Å². The molecule has 0 spiro atoms. The Balaban J connectivity index is 1.40. The fourth-order valence-corrected chi connectivity index (χ4v) is 5.46. The minimum absolute atomic E-state index is 0.162. The highest BCUT2D eigenvalue weighted by atomic mass is 32.2. The molecule has 3 N–H and O–H groups in total. The second-order valence-corrected chi connectivity index (χ2v) is 11.5. The Kier molecular flexibility index (Phi) is 5.92. The quantitative estimate of drug-likeness (QED) is 0.296. The SMILES string of the molecule is O=S(=O)(O)c1ccc2ccc(NCCC3(c4ccc5ccc(S(=O)(=O)O)cc5c4)C=CC=N3)cc2c1. The predicted molar refractivity (Wildman–Crippen MR) is 140 cm³/mol. The molecule has 1 aliphatic heterocycles. The van der Waals surface area contributed by atoms with Crippen molar-refractivity contribution in [3.05, 3.63) is 90.5 Å². The molecule has 0 fully saturated rings. The zero-order valence-electron chi connectivity index (χ0n) is 18.9. The normalized spacial score (nSPS) is 17.7. The van der Waals surface area contributed by atoms with Gasteiger partial charge in [0.2, 0.25) is 0 Å². The van der Waals surface area contributed by atoms with Crippen LogP contribution in [0.25, 0.3) is 21.5 Å². The first-order valence-electron chi connectivity index (χ1n) is 11.0. The molecule has 0 aromatic heterocycles. The molecule has 0 aliphatic carbocycles. The van der Waals surface area contributed by atoms with Crippen LogP contribution in [0.1, 0.15) is 12.0 Å². The molecule has 10 heteroatoms. The van der Waals surface area contributed by atoms with E-state index in [-0.39, 0.29) is 9.79 Å². The summed E-state index contributed by atoms with van der Waals surface area (Å²) in [5.41, 5.74) is 1.02. The maximum Gasteiger partial charge on any atom is 0.294 e. The molecule has 0 bridgehead atoms. The first-order valence-corrected chi connectivity index (χ1v) is 13.9. The van der Waals surface area contributed by atoms with E-state index in [0.717, 1.165) is 22.0 Å². The molecule has 1 unspecified atom stereocenters. The Hall–Kier alpha value is -3.57. The number of fused-ring (bicyclic) bond motifs is 2. The van der Waals surface area contributed by atoms with E-state index in [0.29, 0.717) is 23.7 Å². The van der Waals surface area contributed by atoms with Gasteiger partial charge in [0.25, 0.3) is 20.2 Å². The highest BCUT2D eigenvalue weighted by molar-refractivity contribution is 7.86. The lowest BCUT2D eigenvalue weighted by Gasteiger charge is -2.26. The Labute approximate surface area is 208 Å². The molecule has 1 heterocycles. The van der Waals surface area contributed by atoms with Crippen molar-refractivity contribution in [2.45, 2.75) is 21.8 Å². The van der Waals surface area contributed by atoms with Gasteiger partial charge in [-0.05, 0) is 82.1 Å². The minimum atomic E-state index is -4.31. The van der Waals surface area contributed by atoms with Crippen LogP contribution in [-0.2, 0) is 25.8 Å². The third-order valence-electron chi connectivity index (χ3n) is 6.32. The van der Waals surface area contributed by atoms with Crippen molar-refractivity contribution in [1.29, 1.82) is 0 Å². The summed E-state index contributed by atoms with van der Waals surface area (Å²) in [5.74, 6) is 0. The summed E-state index contributed by atoms with van der Waals surface area (Å²) in [5, 5.41) is 6.38. The summed E-state index contributed by atoms with van der Waals surface area (Å²) in [6.07, 6.45) is 6.17. The van der Waals surface area contributed by atoms with Crippen molar-refractivity contribution in [3.8, 4) is 0 Å². The van der Waals surface area contributed by atoms with Gasteiger partial charge in [0.15, 0.2) is 0 Å². The highest BCUT2D eigenvalue weighted by Gasteiger charge is 2.30. The highest BCUT2D eigenvalue weighted by Crippen LogP contribution is 2.36. The van der Waals surface area contributed by atoms with E-state index in [2.05, 4.69) is 5.32 Å². The standard InChI is InChI=1S/C26H22N2O6S2/c29-35(30,31)24-8-4-18-2-6-22(14-20(18)16-24)26(10-1-12-28-26)11-13-27-23-7-3-19-5-9-25(36(32,33)34)17-21(19)15-23/h1-10,12,14-17,27H,11,13H2,(H,29,30,31)(H,32,33,34). The van der Waals surface area contributed by atoms with Crippen LogP contribution in [0.2, 0.25) is 0 Å². The molecule has 1 aliphatic rings. The van der Waals surface area contributed by atoms with Crippen LogP contribution in [0.3, 0.4) is 0 Å². The maximum atomic E-state index is 11.6. The molecule has 4 aromatic carbocycles. The average Bonchev–Trinajstić information content (AvgIpc) is 3.32. The van der Waals surface area contributed by atoms with E-state index in [9.17, 15) is 25.9 Å². The third kappa shape index (κ3) is 4.76. The molecule has 36 heavy (non-hydrogen) atoms. The van der Waals surface area contributed by atoms with E-state index in [1.807, 2.05) is 48.6 Å². The fraction of sp³-hybridized carbons (Fsp3) is 0.115. The van der Waals surface area contributed by atoms with Gasteiger partial charge in [0.1, 0.15) is 5.54 Å². The smallest absolute Gasteiger partial charge is 0.294 e. The first kappa shape index (κ1) is 24.1. The molecule has 4 aromatic rings. The Morgan fingerprint density at radius 3 is 1.89 bits per heavy atom. The maximum absolute atomic E-state index is 11.6. The van der Waals surface area contributed by atoms with Crippen LogP contribution in [-0.4, -0.2) is 38.7 Å². The van der Waals surface area contributed by atoms with Gasteiger partial charge in [0, 0.05) is 18.4 Å². The minimum Gasteiger partial charge on any atom is -0.385 e. The van der Waals surface area contributed by atoms with Crippen molar-refractivity contribution in [1.82, 2.24) is 0 Å². The van der Waals surface area contributed by atoms with Gasteiger partial charge in [-0.1, -0.05) is 36.4 Å². The van der Waals surface area contributed by atoms with Gasteiger partial charge in [0.05, 0.1) is 9.79 Å². The van der Waals surface area contributed by atoms with E-state index in [1.54, 1.807) is 18.3 Å². The summed E-state index contributed by atoms with van der Waals surface area (Å²) >= 11 is 0. The topological polar surface area (TPSA) is 133 Å². The molecule has 8 nitrogen and oxygen atoms in total. The lowest BCUT2D eigenvalue weighted by molar-refractivity contribution is 0.481. The zero-order chi connectivity index (χ0) is 25.6. The summed E-state index contributed by atoms with van der Waals surface area (Å²) in [6, 6.07) is 20.2. The van der Waals surface area contributed by atoms with Gasteiger partial charge in [-0.3, -0.25) is 14.1 Å². The third-order valence-corrected chi connectivity index (χ3v) is 8.02. The molecule has 1 atom stereocenters. The predicted octanol–water partition coefficient (Wildman–Crippen LogP) is 4.82. The second-order valence-electron chi connectivity index (χ2n) is 8.64. The summed E-state index contributed by atoms with van der Waals surface area (Å²) < 4.78 is 64.9. The van der Waals surface area contributed by atoms with Crippen molar-refractivity contribution < 1.29 is 25.9 Å². The van der Waals surface area contributed by atoms with Crippen LogP contribution in [0.15, 0.2) is 99.7 Å². The van der Waals surface area contributed by atoms with E-state index in [4.69, 9.17) is 4.99 Å². The number of allylic oxidation sites excluding steroid dienone is 1. The van der Waals surface area contributed by atoms with Crippen LogP contribution in [0.5, 0.6) is 0 Å². The van der Waals surface area contributed by atoms with Crippen molar-refractivity contribution in [3.63, 3.8) is 0 Å². The first-order chi connectivity index (χ1) is 17.0. The number of nitrogens with zero attached hydrogens (tertiary/aromatic N) is 1. The Bertz CT molecular complexity index is 1770. The molecular weight excluding hydrogens is 500 g/mol. The molecule has 184 valence electrons. The monoisotopic (exact) mass is 522 g/mol. The average molecular weight is 523 g/mol. The van der Waals surface area contributed by atoms with Crippen LogP contribution in [0.4, 0.5) is 5.69 Å². The van der Waals surface area contributed by atoms with Crippen molar-refractivity contribution in [2.24, 2.45) is 4.99 Å². The van der Waals surface area contributed by atoms with Gasteiger partial charge in [-0.15, -0.1) is 0 Å². The lowest BCUT2D eigenvalue weighted by Crippen LogP contribution is -2.23. The fourth-order valence-electron chi connectivity index (χ4n) is 4.43. The number of hydrogen-bond acceptors (Lipinski definition) is 6. The largest absolute Gasteiger partial charge is 0.385 e. The zero-order valence-corrected chi connectivity index (χ0v) is 20.5. The summed E-state index contributed by atoms with van der Waals surface area (Å²) in [6.45, 7) is 0.536. The lowest BCUT2D eigenvalue weighted by atomic mass is 9.86. The van der Waals surface area contributed by atoms with Gasteiger partial charge in [-0.25, -0.2) is 0 Å². The van der Waals surface area contributed by atoms with Crippen LogP contribution < -0.4 is 5.32 Å². The number of hydrogen-bond donors (Lipinski definition) is 3. The van der Waals surface area contributed by atoms with Gasteiger partial charge < -0.3 is 5.32 Å². The van der Waals surface area contributed by atoms with Crippen LogP contribution in [0, 0.1) is 0 Å². The second kappa shape index (κ2) is 8.82. The number of aliphatic imine (C=N–C) groups is 1. The number of rotatable bonds is 7. The Morgan fingerprint density at radius 1 is 0.722 bits per heavy atom. The molecule has 0 saturated carbocycles. The molecule has 0 radical (unpaired) electrons. The van der Waals surface area contributed by atoms with Crippen LogP contribution >= 0.6 is 0 Å². The summed E-state index contributed by atoms with van der Waals surface area (Å²) in [7, 11) is -8.61. The van der Waals surface area contributed by atoms with Gasteiger partial charge in [-0.2, -0.15) is 16.8 Å². The number of nitrogens with one attached hydrogen (secondary N) is 1. The number of anilines is 1. The number of benzene rings is 4. The molecule has 0 saturated heterocycles. The van der Waals surface area contributed by atoms with Gasteiger partial charge >= 0.3 is 0 Å². The van der Waals surface area contributed by atoms with E-state index in [1.165, 1.54) is 24.3 Å². The summed E-state index contributed by atoms with van der Waals surface area (Å²) in [4.78, 5) is 4.37. The molecule has 5 rings (SSSR count).